The fourth-order valence-corrected chi connectivity index (χ4v) is 3.03. The van der Waals surface area contributed by atoms with Crippen molar-refractivity contribution in [3.8, 4) is 17.0 Å². The van der Waals surface area contributed by atoms with Crippen LogP contribution in [0, 0.1) is 6.92 Å². The number of nitrogens with one attached hydrogen (secondary N) is 1. The van der Waals surface area contributed by atoms with Crippen LogP contribution in [0.3, 0.4) is 0 Å². The lowest BCUT2D eigenvalue weighted by molar-refractivity contribution is 0.102. The van der Waals surface area contributed by atoms with Crippen molar-refractivity contribution in [3.63, 3.8) is 0 Å². The van der Waals surface area contributed by atoms with Gasteiger partial charge in [-0.25, -0.2) is 4.98 Å². The second-order valence-corrected chi connectivity index (χ2v) is 6.91. The van der Waals surface area contributed by atoms with Crippen LogP contribution in [0.15, 0.2) is 53.9 Å². The molecular weight excluding hydrogens is 332 g/mol. The van der Waals surface area contributed by atoms with Gasteiger partial charge in [-0.15, -0.1) is 11.3 Å². The molecule has 0 aliphatic heterocycles. The molecule has 0 aliphatic carbocycles. The zero-order chi connectivity index (χ0) is 17.8. The third-order valence-electron chi connectivity index (χ3n) is 3.56. The topological polar surface area (TPSA) is 51.2 Å². The lowest BCUT2D eigenvalue weighted by Gasteiger charge is -2.09. The second kappa shape index (κ2) is 7.49. The molecule has 1 amide bonds. The molecule has 0 fully saturated rings. The lowest BCUT2D eigenvalue weighted by Crippen LogP contribution is -2.11. The molecule has 0 bridgehead atoms. The van der Waals surface area contributed by atoms with E-state index in [9.17, 15) is 4.79 Å². The number of nitrogens with zero attached hydrogens (tertiary/aromatic N) is 1. The normalized spacial score (nSPS) is 10.7. The van der Waals surface area contributed by atoms with Crippen LogP contribution < -0.4 is 10.1 Å². The van der Waals surface area contributed by atoms with Gasteiger partial charge in [0.1, 0.15) is 5.75 Å². The van der Waals surface area contributed by atoms with E-state index < -0.39 is 0 Å². The minimum Gasteiger partial charge on any atom is -0.491 e. The first kappa shape index (κ1) is 17.2. The molecule has 0 saturated heterocycles. The Morgan fingerprint density at radius 3 is 2.40 bits per heavy atom. The van der Waals surface area contributed by atoms with Crippen LogP contribution in [-0.2, 0) is 0 Å². The highest BCUT2D eigenvalue weighted by atomic mass is 32.1. The van der Waals surface area contributed by atoms with Gasteiger partial charge in [-0.3, -0.25) is 10.1 Å². The van der Waals surface area contributed by atoms with Gasteiger partial charge in [0, 0.05) is 16.5 Å². The Morgan fingerprint density at radius 1 is 1.08 bits per heavy atom. The maximum atomic E-state index is 12.3. The highest BCUT2D eigenvalue weighted by Crippen LogP contribution is 2.27. The number of carbonyl (C=O) groups excluding carboxylic acids is 1. The summed E-state index contributed by atoms with van der Waals surface area (Å²) in [5, 5.41) is 5.37. The molecule has 1 heterocycles. The van der Waals surface area contributed by atoms with Crippen molar-refractivity contribution in [2.75, 3.05) is 5.32 Å². The molecule has 1 N–H and O–H groups in total. The first-order chi connectivity index (χ1) is 12.0. The van der Waals surface area contributed by atoms with Crippen LogP contribution in [-0.4, -0.2) is 17.0 Å². The Bertz CT molecular complexity index is 852. The Balaban J connectivity index is 1.69. The number of thiazole rings is 1. The van der Waals surface area contributed by atoms with Crippen LogP contribution in [0.4, 0.5) is 5.13 Å². The first-order valence-corrected chi connectivity index (χ1v) is 9.00. The Morgan fingerprint density at radius 2 is 1.76 bits per heavy atom. The quantitative estimate of drug-likeness (QED) is 0.690. The number of hydrogen-bond acceptors (Lipinski definition) is 4. The highest BCUT2D eigenvalue weighted by Gasteiger charge is 2.10. The molecule has 0 spiro atoms. The van der Waals surface area contributed by atoms with E-state index in [1.807, 2.05) is 74.7 Å². The molecule has 128 valence electrons. The monoisotopic (exact) mass is 352 g/mol. The van der Waals surface area contributed by atoms with Gasteiger partial charge in [-0.1, -0.05) is 17.7 Å². The summed E-state index contributed by atoms with van der Waals surface area (Å²) < 4.78 is 5.65. The van der Waals surface area contributed by atoms with Crippen molar-refractivity contribution in [2.24, 2.45) is 0 Å². The van der Waals surface area contributed by atoms with E-state index in [1.165, 1.54) is 11.3 Å². The van der Waals surface area contributed by atoms with Crippen LogP contribution in [0.1, 0.15) is 29.8 Å². The summed E-state index contributed by atoms with van der Waals surface area (Å²) in [5.74, 6) is 0.684. The molecule has 3 aromatic rings. The highest BCUT2D eigenvalue weighted by molar-refractivity contribution is 7.14. The summed E-state index contributed by atoms with van der Waals surface area (Å²) >= 11 is 1.41. The largest absolute Gasteiger partial charge is 0.491 e. The van der Waals surface area contributed by atoms with Crippen LogP contribution >= 0.6 is 11.3 Å². The average Bonchev–Trinajstić information content (AvgIpc) is 3.04. The summed E-state index contributed by atoms with van der Waals surface area (Å²) in [6.07, 6.45) is 0.147. The van der Waals surface area contributed by atoms with E-state index in [1.54, 1.807) is 0 Å². The maximum Gasteiger partial charge on any atom is 0.257 e. The summed E-state index contributed by atoms with van der Waals surface area (Å²) in [6.45, 7) is 5.99. The Labute approximate surface area is 151 Å². The van der Waals surface area contributed by atoms with Crippen molar-refractivity contribution < 1.29 is 9.53 Å². The molecule has 1 aromatic heterocycles. The van der Waals surface area contributed by atoms with E-state index in [2.05, 4.69) is 10.3 Å². The number of hydrogen-bond donors (Lipinski definition) is 1. The molecule has 0 unspecified atom stereocenters. The fraction of sp³-hybridized carbons (Fsp3) is 0.200. The summed E-state index contributed by atoms with van der Waals surface area (Å²) in [5.41, 5.74) is 3.57. The Kier molecular flexibility index (Phi) is 5.14. The van der Waals surface area contributed by atoms with E-state index in [0.717, 1.165) is 22.6 Å². The number of aromatic nitrogens is 1. The molecule has 0 atom stereocenters. The molecule has 3 rings (SSSR count). The van der Waals surface area contributed by atoms with Gasteiger partial charge in [0.25, 0.3) is 5.91 Å². The third kappa shape index (κ3) is 4.45. The standard InChI is InChI=1S/C20H20N2O2S/c1-13(2)24-17-10-8-15(9-11-17)18-12-25-20(21-18)22-19(23)16-6-4-14(3)5-7-16/h4-13H,1-3H3,(H,21,22,23). The molecule has 25 heavy (non-hydrogen) atoms. The number of aryl methyl sites for hydroxylation is 1. The average molecular weight is 352 g/mol. The van der Waals surface area contributed by atoms with Crippen molar-refractivity contribution in [1.82, 2.24) is 4.98 Å². The van der Waals surface area contributed by atoms with Crippen molar-refractivity contribution in [2.45, 2.75) is 26.9 Å². The number of amides is 1. The molecule has 2 aromatic carbocycles. The minimum absolute atomic E-state index is 0.147. The summed E-state index contributed by atoms with van der Waals surface area (Å²) in [6, 6.07) is 15.3. The number of carbonyl (C=O) groups is 1. The third-order valence-corrected chi connectivity index (χ3v) is 4.32. The molecule has 0 aliphatic rings. The molecular formula is C20H20N2O2S. The molecule has 0 saturated carbocycles. The van der Waals surface area contributed by atoms with Crippen LogP contribution in [0.2, 0.25) is 0 Å². The van der Waals surface area contributed by atoms with Gasteiger partial charge >= 0.3 is 0 Å². The van der Waals surface area contributed by atoms with Crippen molar-refractivity contribution in [3.05, 3.63) is 65.0 Å². The second-order valence-electron chi connectivity index (χ2n) is 6.05. The number of ether oxygens (including phenoxy) is 1. The van der Waals surface area contributed by atoms with Gasteiger partial charge < -0.3 is 4.74 Å². The molecule has 4 nitrogen and oxygen atoms in total. The van der Waals surface area contributed by atoms with Crippen molar-refractivity contribution in [1.29, 1.82) is 0 Å². The zero-order valence-electron chi connectivity index (χ0n) is 14.4. The van der Waals surface area contributed by atoms with Gasteiger partial charge in [0.05, 0.1) is 11.8 Å². The number of benzene rings is 2. The number of anilines is 1. The SMILES string of the molecule is Cc1ccc(C(=O)Nc2nc(-c3ccc(OC(C)C)cc3)cs2)cc1. The van der Waals surface area contributed by atoms with E-state index >= 15 is 0 Å². The molecule has 0 radical (unpaired) electrons. The van der Waals surface area contributed by atoms with Gasteiger partial charge in [0.2, 0.25) is 0 Å². The summed E-state index contributed by atoms with van der Waals surface area (Å²) in [4.78, 5) is 16.8. The van der Waals surface area contributed by atoms with Gasteiger partial charge in [-0.05, 0) is 57.2 Å². The predicted octanol–water partition coefficient (Wildman–Crippen LogP) is 5.16. The Hall–Kier alpha value is -2.66. The fourth-order valence-electron chi connectivity index (χ4n) is 2.31. The van der Waals surface area contributed by atoms with E-state index in [-0.39, 0.29) is 12.0 Å². The van der Waals surface area contributed by atoms with E-state index in [0.29, 0.717) is 10.7 Å². The predicted molar refractivity (Wildman–Crippen MR) is 102 cm³/mol. The van der Waals surface area contributed by atoms with Crippen LogP contribution in [0.5, 0.6) is 5.75 Å². The smallest absolute Gasteiger partial charge is 0.257 e. The van der Waals surface area contributed by atoms with Crippen molar-refractivity contribution >= 4 is 22.4 Å². The molecule has 5 heteroatoms. The summed E-state index contributed by atoms with van der Waals surface area (Å²) in [7, 11) is 0. The van der Waals surface area contributed by atoms with E-state index in [4.69, 9.17) is 4.74 Å². The number of rotatable bonds is 5. The maximum absolute atomic E-state index is 12.3. The zero-order valence-corrected chi connectivity index (χ0v) is 15.3. The van der Waals surface area contributed by atoms with Crippen LogP contribution in [0.25, 0.3) is 11.3 Å². The van der Waals surface area contributed by atoms with Gasteiger partial charge in [0.15, 0.2) is 5.13 Å². The minimum atomic E-state index is -0.151. The lowest BCUT2D eigenvalue weighted by atomic mass is 10.1. The first-order valence-electron chi connectivity index (χ1n) is 8.12. The van der Waals surface area contributed by atoms with Gasteiger partial charge in [-0.2, -0.15) is 0 Å².